The number of ether oxygens (including phenoxy) is 2. The summed E-state index contributed by atoms with van der Waals surface area (Å²) < 4.78 is 10.7. The second-order valence-corrected chi connectivity index (χ2v) is 5.35. The molecule has 0 aliphatic carbocycles. The van der Waals surface area contributed by atoms with Crippen LogP contribution in [0.25, 0.3) is 0 Å². The van der Waals surface area contributed by atoms with Crippen molar-refractivity contribution >= 4 is 5.91 Å². The van der Waals surface area contributed by atoms with Crippen LogP contribution in [0.4, 0.5) is 0 Å². The van der Waals surface area contributed by atoms with Gasteiger partial charge in [-0.15, -0.1) is 0 Å². The van der Waals surface area contributed by atoms with E-state index in [4.69, 9.17) is 9.47 Å². The average Bonchev–Trinajstić information content (AvgIpc) is 2.55. The fourth-order valence-corrected chi connectivity index (χ4v) is 2.18. The Kier molecular flexibility index (Phi) is 5.97. The van der Waals surface area contributed by atoms with E-state index >= 15 is 0 Å². The lowest BCUT2D eigenvalue weighted by atomic mass is 10.1. The maximum Gasteiger partial charge on any atom is 0.223 e. The van der Waals surface area contributed by atoms with Gasteiger partial charge in [0, 0.05) is 18.8 Å². The third-order valence-corrected chi connectivity index (χ3v) is 3.42. The Hall–Kier alpha value is -2.56. The van der Waals surface area contributed by atoms with Gasteiger partial charge in [0.25, 0.3) is 0 Å². The Balaban J connectivity index is 1.74. The Labute approximate surface area is 136 Å². The molecule has 2 aromatic rings. The van der Waals surface area contributed by atoms with Gasteiger partial charge in [-0.3, -0.25) is 4.79 Å². The summed E-state index contributed by atoms with van der Waals surface area (Å²) in [5, 5.41) is 2.86. The molecular formula is C18H22N2O3. The molecular weight excluding hydrogens is 292 g/mol. The number of aromatic nitrogens is 1. The first kappa shape index (κ1) is 16.8. The van der Waals surface area contributed by atoms with E-state index < -0.39 is 0 Å². The van der Waals surface area contributed by atoms with Gasteiger partial charge < -0.3 is 14.8 Å². The lowest BCUT2D eigenvalue weighted by Crippen LogP contribution is -2.24. The fourth-order valence-electron chi connectivity index (χ4n) is 2.18. The summed E-state index contributed by atoms with van der Waals surface area (Å²) in [5.74, 6) is 1.31. The minimum Gasteiger partial charge on any atom is -0.493 e. The predicted octanol–water partition coefficient (Wildman–Crippen LogP) is 2.79. The Morgan fingerprint density at radius 3 is 2.78 bits per heavy atom. The minimum atomic E-state index is -0.0504. The number of nitrogens with zero attached hydrogens (tertiary/aromatic N) is 1. The lowest BCUT2D eigenvalue weighted by Gasteiger charge is -2.10. The number of pyridine rings is 1. The molecule has 0 spiro atoms. The molecule has 2 rings (SSSR count). The summed E-state index contributed by atoms with van der Waals surface area (Å²) in [6, 6.07) is 9.64. The first-order chi connectivity index (χ1) is 11.1. The fraction of sp³-hybridized carbons (Fsp3) is 0.333. The van der Waals surface area contributed by atoms with Gasteiger partial charge in [-0.05, 0) is 37.1 Å². The SMILES string of the molecule is COc1cc(CNC(=O)CCOc2ccc(C)cc2C)ccn1. The average molecular weight is 314 g/mol. The first-order valence-electron chi connectivity index (χ1n) is 7.54. The second-order valence-electron chi connectivity index (χ2n) is 5.35. The molecule has 0 unspecified atom stereocenters. The molecule has 0 aliphatic rings. The van der Waals surface area contributed by atoms with E-state index in [1.165, 1.54) is 5.56 Å². The third-order valence-electron chi connectivity index (χ3n) is 3.42. The van der Waals surface area contributed by atoms with Crippen molar-refractivity contribution in [1.82, 2.24) is 10.3 Å². The van der Waals surface area contributed by atoms with Crippen LogP contribution < -0.4 is 14.8 Å². The highest BCUT2D eigenvalue weighted by atomic mass is 16.5. The van der Waals surface area contributed by atoms with Crippen LogP contribution in [0.3, 0.4) is 0 Å². The summed E-state index contributed by atoms with van der Waals surface area (Å²) in [4.78, 5) is 15.9. The smallest absolute Gasteiger partial charge is 0.223 e. The normalized spacial score (nSPS) is 10.2. The van der Waals surface area contributed by atoms with Gasteiger partial charge in [0.15, 0.2) is 0 Å². The number of carbonyl (C=O) groups is 1. The van der Waals surface area contributed by atoms with E-state index in [9.17, 15) is 4.79 Å². The molecule has 0 atom stereocenters. The minimum absolute atomic E-state index is 0.0504. The summed E-state index contributed by atoms with van der Waals surface area (Å²) in [5.41, 5.74) is 3.22. The number of benzene rings is 1. The van der Waals surface area contributed by atoms with Gasteiger partial charge in [0.2, 0.25) is 11.8 Å². The quantitative estimate of drug-likeness (QED) is 0.853. The van der Waals surface area contributed by atoms with Crippen LogP contribution in [0.15, 0.2) is 36.5 Å². The van der Waals surface area contributed by atoms with Crippen LogP contribution in [0.5, 0.6) is 11.6 Å². The number of hydrogen-bond acceptors (Lipinski definition) is 4. The lowest BCUT2D eigenvalue weighted by molar-refractivity contribution is -0.121. The summed E-state index contributed by atoms with van der Waals surface area (Å²) >= 11 is 0. The molecule has 1 N–H and O–H groups in total. The molecule has 1 heterocycles. The van der Waals surface area contributed by atoms with Crippen LogP contribution in [0, 0.1) is 13.8 Å². The van der Waals surface area contributed by atoms with Gasteiger partial charge >= 0.3 is 0 Å². The zero-order valence-electron chi connectivity index (χ0n) is 13.8. The molecule has 5 nitrogen and oxygen atoms in total. The highest BCUT2D eigenvalue weighted by molar-refractivity contribution is 5.76. The van der Waals surface area contributed by atoms with Crippen molar-refractivity contribution in [2.24, 2.45) is 0 Å². The van der Waals surface area contributed by atoms with Gasteiger partial charge in [0.1, 0.15) is 5.75 Å². The van der Waals surface area contributed by atoms with Gasteiger partial charge in [-0.1, -0.05) is 17.7 Å². The van der Waals surface area contributed by atoms with Crippen LogP contribution in [-0.4, -0.2) is 24.6 Å². The molecule has 122 valence electrons. The van der Waals surface area contributed by atoms with Crippen molar-refractivity contribution in [2.75, 3.05) is 13.7 Å². The zero-order chi connectivity index (χ0) is 16.7. The monoisotopic (exact) mass is 314 g/mol. The second kappa shape index (κ2) is 8.17. The topological polar surface area (TPSA) is 60.5 Å². The molecule has 23 heavy (non-hydrogen) atoms. The summed E-state index contributed by atoms with van der Waals surface area (Å²) in [6.45, 7) is 4.84. The van der Waals surface area contributed by atoms with Crippen molar-refractivity contribution in [1.29, 1.82) is 0 Å². The number of hydrogen-bond donors (Lipinski definition) is 1. The summed E-state index contributed by atoms with van der Waals surface area (Å²) in [7, 11) is 1.56. The van der Waals surface area contributed by atoms with E-state index in [1.54, 1.807) is 19.4 Å². The highest BCUT2D eigenvalue weighted by Crippen LogP contribution is 2.18. The van der Waals surface area contributed by atoms with Crippen LogP contribution in [-0.2, 0) is 11.3 Å². The third kappa shape index (κ3) is 5.29. The largest absolute Gasteiger partial charge is 0.493 e. The van der Waals surface area contributed by atoms with Gasteiger partial charge in [-0.25, -0.2) is 4.98 Å². The van der Waals surface area contributed by atoms with E-state index in [0.29, 0.717) is 25.5 Å². The van der Waals surface area contributed by atoms with E-state index in [-0.39, 0.29) is 5.91 Å². The van der Waals surface area contributed by atoms with Crippen LogP contribution in [0.1, 0.15) is 23.1 Å². The maximum atomic E-state index is 11.9. The van der Waals surface area contributed by atoms with Crippen molar-refractivity contribution in [3.05, 3.63) is 53.2 Å². The molecule has 1 amide bonds. The molecule has 0 fully saturated rings. The Bertz CT molecular complexity index is 671. The van der Waals surface area contributed by atoms with Gasteiger partial charge in [0.05, 0.1) is 20.1 Å². The predicted molar refractivity (Wildman–Crippen MR) is 88.7 cm³/mol. The first-order valence-corrected chi connectivity index (χ1v) is 7.54. The van der Waals surface area contributed by atoms with Crippen molar-refractivity contribution < 1.29 is 14.3 Å². The number of rotatable bonds is 7. The number of methoxy groups -OCH3 is 1. The van der Waals surface area contributed by atoms with Gasteiger partial charge in [-0.2, -0.15) is 0 Å². The van der Waals surface area contributed by atoms with E-state index in [1.807, 2.05) is 32.0 Å². The maximum absolute atomic E-state index is 11.9. The van der Waals surface area contributed by atoms with E-state index in [2.05, 4.69) is 16.4 Å². The van der Waals surface area contributed by atoms with E-state index in [0.717, 1.165) is 16.9 Å². The van der Waals surface area contributed by atoms with Crippen molar-refractivity contribution in [2.45, 2.75) is 26.8 Å². The summed E-state index contributed by atoms with van der Waals surface area (Å²) in [6.07, 6.45) is 1.97. The molecule has 0 saturated carbocycles. The Morgan fingerprint density at radius 2 is 2.04 bits per heavy atom. The molecule has 0 aliphatic heterocycles. The zero-order valence-corrected chi connectivity index (χ0v) is 13.8. The molecule has 5 heteroatoms. The number of nitrogens with one attached hydrogen (secondary N) is 1. The molecule has 0 bridgehead atoms. The number of amides is 1. The highest BCUT2D eigenvalue weighted by Gasteiger charge is 2.05. The van der Waals surface area contributed by atoms with Crippen LogP contribution in [0.2, 0.25) is 0 Å². The standard InChI is InChI=1S/C18H22N2O3/c1-13-4-5-16(14(2)10-13)23-9-7-17(21)20-12-15-6-8-19-18(11-15)22-3/h4-6,8,10-11H,7,9,12H2,1-3H3,(H,20,21). The molecule has 0 radical (unpaired) electrons. The van der Waals surface area contributed by atoms with Crippen molar-refractivity contribution in [3.63, 3.8) is 0 Å². The number of carbonyl (C=O) groups excluding carboxylic acids is 1. The number of aryl methyl sites for hydroxylation is 2. The molecule has 0 saturated heterocycles. The van der Waals surface area contributed by atoms with Crippen molar-refractivity contribution in [3.8, 4) is 11.6 Å². The molecule has 1 aromatic carbocycles. The van der Waals surface area contributed by atoms with Crippen LogP contribution >= 0.6 is 0 Å². The Morgan fingerprint density at radius 1 is 1.22 bits per heavy atom. The molecule has 1 aromatic heterocycles.